The van der Waals surface area contributed by atoms with Crippen molar-refractivity contribution in [1.29, 1.82) is 0 Å². The third-order valence-electron chi connectivity index (χ3n) is 1.08. The van der Waals surface area contributed by atoms with E-state index in [-0.39, 0.29) is 5.97 Å². The van der Waals surface area contributed by atoms with Gasteiger partial charge in [-0.15, -0.1) is 0 Å². The third-order valence-corrected chi connectivity index (χ3v) is 1.08. The van der Waals surface area contributed by atoms with Gasteiger partial charge < -0.3 is 9.47 Å². The third kappa shape index (κ3) is 25.7. The van der Waals surface area contributed by atoms with E-state index in [4.69, 9.17) is 5.26 Å². The van der Waals surface area contributed by atoms with Gasteiger partial charge >= 0.3 is 17.9 Å². The average molecular weight is 274 g/mol. The summed E-state index contributed by atoms with van der Waals surface area (Å²) >= 11 is 0. The summed E-state index contributed by atoms with van der Waals surface area (Å²) in [6, 6.07) is 0. The number of esters is 2. The van der Waals surface area contributed by atoms with Gasteiger partial charge in [-0.3, -0.25) is 4.89 Å². The van der Waals surface area contributed by atoms with Crippen molar-refractivity contribution in [3.05, 3.63) is 38.0 Å². The van der Waals surface area contributed by atoms with E-state index in [2.05, 4.69) is 34.1 Å². The molecule has 0 unspecified atom stereocenters. The zero-order valence-electron chi connectivity index (χ0n) is 11.0. The van der Waals surface area contributed by atoms with Crippen molar-refractivity contribution < 1.29 is 34.0 Å². The maximum Gasteiger partial charge on any atom is 0.365 e. The van der Waals surface area contributed by atoms with Crippen LogP contribution < -0.4 is 0 Å². The van der Waals surface area contributed by atoms with Gasteiger partial charge in [0, 0.05) is 18.2 Å². The first-order valence-electron chi connectivity index (χ1n) is 4.90. The van der Waals surface area contributed by atoms with Gasteiger partial charge in [0.1, 0.15) is 0 Å². The van der Waals surface area contributed by atoms with E-state index in [0.29, 0.717) is 6.61 Å². The van der Waals surface area contributed by atoms with Crippen LogP contribution in [0, 0.1) is 0 Å². The molecule has 0 aliphatic heterocycles. The minimum Gasteiger partial charge on any atom is -0.466 e. The van der Waals surface area contributed by atoms with E-state index >= 15 is 0 Å². The fraction of sp³-hybridized carbons (Fsp3) is 0.250. The van der Waals surface area contributed by atoms with Crippen LogP contribution in [-0.4, -0.2) is 36.9 Å². The lowest BCUT2D eigenvalue weighted by molar-refractivity contribution is -0.228. The topological polar surface area (TPSA) is 99.1 Å². The molecule has 7 heteroatoms. The monoisotopic (exact) mass is 274 g/mol. The lowest BCUT2D eigenvalue weighted by Crippen LogP contribution is -1.97. The molecule has 0 aromatic heterocycles. The van der Waals surface area contributed by atoms with Crippen LogP contribution in [0.1, 0.15) is 6.92 Å². The molecule has 108 valence electrons. The van der Waals surface area contributed by atoms with Crippen molar-refractivity contribution >= 4 is 17.9 Å². The standard InChI is InChI=1S/C5H8O2.C4H6O2.C3H4O3/c1-3-5(6)7-4-2;1-3-4(5)6-2;1-2-3(4)6-5/h3H,1,4H2,2H3;3H,1H2,2H3;2,5H,1H2. The van der Waals surface area contributed by atoms with Crippen LogP contribution in [0.15, 0.2) is 38.0 Å². The Morgan fingerprint density at radius 1 is 1.00 bits per heavy atom. The second-order valence-electron chi connectivity index (χ2n) is 2.30. The molecule has 0 amide bonds. The first-order chi connectivity index (χ1) is 8.92. The summed E-state index contributed by atoms with van der Waals surface area (Å²) in [6.45, 7) is 11.5. The second-order valence-corrected chi connectivity index (χ2v) is 2.30. The Kier molecular flexibility index (Phi) is 20.6. The van der Waals surface area contributed by atoms with Gasteiger partial charge in [-0.1, -0.05) is 19.7 Å². The minimum atomic E-state index is -0.838. The number of rotatable bonds is 4. The highest BCUT2D eigenvalue weighted by Gasteiger charge is 1.86. The fourth-order valence-electron chi connectivity index (χ4n) is 0.322. The van der Waals surface area contributed by atoms with E-state index in [9.17, 15) is 14.4 Å². The number of carbonyl (C=O) groups excluding carboxylic acids is 3. The van der Waals surface area contributed by atoms with Gasteiger partial charge in [-0.2, -0.15) is 5.26 Å². The maximum atomic E-state index is 10.1. The molecule has 1 N–H and O–H groups in total. The molecule has 0 radical (unpaired) electrons. The molecule has 0 atom stereocenters. The van der Waals surface area contributed by atoms with Crippen molar-refractivity contribution in [3.8, 4) is 0 Å². The van der Waals surface area contributed by atoms with Gasteiger partial charge in [0.25, 0.3) is 0 Å². The van der Waals surface area contributed by atoms with Crippen molar-refractivity contribution in [3.63, 3.8) is 0 Å². The van der Waals surface area contributed by atoms with Crippen LogP contribution in [0.4, 0.5) is 0 Å². The molecule has 0 fully saturated rings. The minimum absolute atomic E-state index is 0.359. The summed E-state index contributed by atoms with van der Waals surface area (Å²) in [4.78, 5) is 32.6. The lowest BCUT2D eigenvalue weighted by atomic mass is 10.6. The summed E-state index contributed by atoms with van der Waals surface area (Å²) in [5.74, 6) is -1.59. The highest BCUT2D eigenvalue weighted by Crippen LogP contribution is 1.74. The quantitative estimate of drug-likeness (QED) is 0.271. The molecule has 0 aliphatic carbocycles. The van der Waals surface area contributed by atoms with Crippen LogP contribution in [0.25, 0.3) is 0 Å². The maximum absolute atomic E-state index is 10.1. The SMILES string of the molecule is C=CC(=O)OC.C=CC(=O)OCC.C=CC(=O)OO. The summed E-state index contributed by atoms with van der Waals surface area (Å²) in [7, 11) is 1.31. The summed E-state index contributed by atoms with van der Waals surface area (Å²) < 4.78 is 8.58. The molecule has 19 heavy (non-hydrogen) atoms. The van der Waals surface area contributed by atoms with Crippen LogP contribution in [-0.2, 0) is 28.7 Å². The summed E-state index contributed by atoms with van der Waals surface area (Å²) in [5, 5.41) is 7.41. The molecule has 0 bridgehead atoms. The summed E-state index contributed by atoms with van der Waals surface area (Å²) in [5.41, 5.74) is 0. The van der Waals surface area contributed by atoms with E-state index < -0.39 is 11.9 Å². The normalized spacial score (nSPS) is 7.11. The predicted molar refractivity (Wildman–Crippen MR) is 68.0 cm³/mol. The zero-order valence-corrected chi connectivity index (χ0v) is 11.0. The van der Waals surface area contributed by atoms with Crippen molar-refractivity contribution in [2.75, 3.05) is 13.7 Å². The van der Waals surface area contributed by atoms with Crippen LogP contribution in [0.3, 0.4) is 0 Å². The Hall–Kier alpha value is -2.41. The first-order valence-corrected chi connectivity index (χ1v) is 4.90. The molecular formula is C12H18O7. The Bertz CT molecular complexity index is 287. The molecule has 0 aromatic rings. The number of methoxy groups -OCH3 is 1. The van der Waals surface area contributed by atoms with Gasteiger partial charge in [0.05, 0.1) is 13.7 Å². The zero-order chi connectivity index (χ0) is 15.7. The van der Waals surface area contributed by atoms with Gasteiger partial charge in [0.15, 0.2) is 0 Å². The number of hydrogen-bond donors (Lipinski definition) is 1. The highest BCUT2D eigenvalue weighted by atomic mass is 17.1. The van der Waals surface area contributed by atoms with Gasteiger partial charge in [0.2, 0.25) is 0 Å². The highest BCUT2D eigenvalue weighted by molar-refractivity contribution is 5.81. The lowest BCUT2D eigenvalue weighted by Gasteiger charge is -1.90. The molecule has 7 nitrogen and oxygen atoms in total. The molecule has 0 saturated carbocycles. The number of carbonyl (C=O) groups is 3. The molecule has 0 rings (SSSR count). The molecular weight excluding hydrogens is 256 g/mol. The average Bonchev–Trinajstić information content (AvgIpc) is 2.46. The Morgan fingerprint density at radius 2 is 1.42 bits per heavy atom. The molecule has 0 heterocycles. The largest absolute Gasteiger partial charge is 0.466 e. The van der Waals surface area contributed by atoms with Crippen LogP contribution in [0.5, 0.6) is 0 Å². The Labute approximate surface area is 111 Å². The molecule has 0 spiro atoms. The Balaban J connectivity index is -0.000000203. The summed E-state index contributed by atoms with van der Waals surface area (Å²) in [6.07, 6.45) is 3.11. The van der Waals surface area contributed by atoms with Gasteiger partial charge in [-0.05, 0) is 6.92 Å². The Morgan fingerprint density at radius 3 is 1.47 bits per heavy atom. The van der Waals surface area contributed by atoms with E-state index in [1.165, 1.54) is 7.11 Å². The van der Waals surface area contributed by atoms with E-state index in [0.717, 1.165) is 18.2 Å². The smallest absolute Gasteiger partial charge is 0.365 e. The molecule has 0 aromatic carbocycles. The number of ether oxygens (including phenoxy) is 2. The van der Waals surface area contributed by atoms with E-state index in [1.807, 2.05) is 0 Å². The predicted octanol–water partition coefficient (Wildman–Crippen LogP) is 1.27. The van der Waals surface area contributed by atoms with Crippen LogP contribution >= 0.6 is 0 Å². The molecule has 0 aliphatic rings. The molecule has 0 saturated heterocycles. The van der Waals surface area contributed by atoms with Gasteiger partial charge in [-0.25, -0.2) is 14.4 Å². The van der Waals surface area contributed by atoms with Crippen molar-refractivity contribution in [1.82, 2.24) is 0 Å². The van der Waals surface area contributed by atoms with Crippen LogP contribution in [0.2, 0.25) is 0 Å². The second kappa shape index (κ2) is 18.0. The fourth-order valence-corrected chi connectivity index (χ4v) is 0.322. The van der Waals surface area contributed by atoms with Crippen molar-refractivity contribution in [2.24, 2.45) is 0 Å². The number of hydrogen-bond acceptors (Lipinski definition) is 7. The first kappa shape index (κ1) is 21.8. The van der Waals surface area contributed by atoms with E-state index in [1.54, 1.807) is 6.92 Å². The van der Waals surface area contributed by atoms with Crippen molar-refractivity contribution in [2.45, 2.75) is 6.92 Å².